The van der Waals surface area contributed by atoms with E-state index in [1.807, 2.05) is 36.4 Å². The Labute approximate surface area is 126 Å². The Balaban J connectivity index is 1.68. The maximum Gasteiger partial charge on any atom is 0.315 e. The molecule has 0 saturated heterocycles. The zero-order valence-corrected chi connectivity index (χ0v) is 11.6. The zero-order chi connectivity index (χ0) is 14.8. The molecule has 0 bridgehead atoms. The Hall–Kier alpha value is -2.62. The number of ether oxygens (including phenoxy) is 2. The fourth-order valence-corrected chi connectivity index (χ4v) is 4.16. The molecule has 2 aromatic rings. The SMILES string of the molecule is O=C1Oc2ccccc2C2C1C1c3ccccc3OC(=O)C21. The molecule has 0 atom stereocenters. The van der Waals surface area contributed by atoms with Crippen molar-refractivity contribution in [1.82, 2.24) is 0 Å². The van der Waals surface area contributed by atoms with Crippen LogP contribution in [0.3, 0.4) is 0 Å². The molecular formula is C18H12O4. The Morgan fingerprint density at radius 3 is 1.45 bits per heavy atom. The molecule has 4 nitrogen and oxygen atoms in total. The summed E-state index contributed by atoms with van der Waals surface area (Å²) < 4.78 is 10.9. The lowest BCUT2D eigenvalue weighted by Crippen LogP contribution is -2.56. The van der Waals surface area contributed by atoms with Crippen LogP contribution in [0.2, 0.25) is 0 Å². The quantitative estimate of drug-likeness (QED) is 0.553. The van der Waals surface area contributed by atoms with Gasteiger partial charge in [0.15, 0.2) is 0 Å². The van der Waals surface area contributed by atoms with Gasteiger partial charge < -0.3 is 9.47 Å². The molecule has 0 N–H and O–H groups in total. The van der Waals surface area contributed by atoms with Gasteiger partial charge in [0.25, 0.3) is 0 Å². The van der Waals surface area contributed by atoms with E-state index in [4.69, 9.17) is 9.47 Å². The minimum absolute atomic E-state index is 0.136. The van der Waals surface area contributed by atoms with E-state index >= 15 is 0 Å². The lowest BCUT2D eigenvalue weighted by atomic mass is 9.51. The lowest BCUT2D eigenvalue weighted by Gasteiger charge is -2.53. The third kappa shape index (κ3) is 1.32. The number of carbonyl (C=O) groups excluding carboxylic acids is 2. The highest BCUT2D eigenvalue weighted by atomic mass is 16.5. The van der Waals surface area contributed by atoms with Gasteiger partial charge in [-0.1, -0.05) is 36.4 Å². The van der Waals surface area contributed by atoms with Gasteiger partial charge >= 0.3 is 11.9 Å². The van der Waals surface area contributed by atoms with Crippen molar-refractivity contribution in [3.05, 3.63) is 59.7 Å². The summed E-state index contributed by atoms with van der Waals surface area (Å²) >= 11 is 0. The molecular weight excluding hydrogens is 280 g/mol. The molecule has 1 saturated carbocycles. The van der Waals surface area contributed by atoms with Crippen molar-refractivity contribution in [3.8, 4) is 11.5 Å². The molecule has 5 rings (SSSR count). The van der Waals surface area contributed by atoms with Crippen molar-refractivity contribution in [2.45, 2.75) is 11.8 Å². The van der Waals surface area contributed by atoms with Gasteiger partial charge in [0.2, 0.25) is 0 Å². The number of carbonyl (C=O) groups is 2. The Kier molecular flexibility index (Phi) is 2.16. The second-order valence-electron chi connectivity index (χ2n) is 6.02. The van der Waals surface area contributed by atoms with Gasteiger partial charge in [-0.25, -0.2) is 0 Å². The smallest absolute Gasteiger partial charge is 0.315 e. The van der Waals surface area contributed by atoms with E-state index in [1.165, 1.54) is 0 Å². The number of fused-ring (bicyclic) bond motifs is 8. The molecule has 1 fully saturated rings. The van der Waals surface area contributed by atoms with Gasteiger partial charge in [0, 0.05) is 11.8 Å². The normalized spacial score (nSPS) is 30.7. The van der Waals surface area contributed by atoms with E-state index in [1.54, 1.807) is 12.1 Å². The highest BCUT2D eigenvalue weighted by Crippen LogP contribution is 2.64. The molecule has 2 heterocycles. The van der Waals surface area contributed by atoms with E-state index in [0.29, 0.717) is 11.5 Å². The number of hydrogen-bond donors (Lipinski definition) is 0. The van der Waals surface area contributed by atoms with Gasteiger partial charge in [-0.3, -0.25) is 9.59 Å². The minimum atomic E-state index is -0.297. The van der Waals surface area contributed by atoms with Gasteiger partial charge in [0.1, 0.15) is 11.5 Å². The predicted molar refractivity (Wildman–Crippen MR) is 76.6 cm³/mol. The van der Waals surface area contributed by atoms with Crippen LogP contribution in [-0.2, 0) is 9.59 Å². The van der Waals surface area contributed by atoms with Crippen LogP contribution in [0.4, 0.5) is 0 Å². The Morgan fingerprint density at radius 2 is 1.00 bits per heavy atom. The summed E-state index contributed by atoms with van der Waals surface area (Å²) in [4.78, 5) is 24.8. The molecule has 2 aliphatic heterocycles. The fourth-order valence-electron chi connectivity index (χ4n) is 4.16. The van der Waals surface area contributed by atoms with Crippen molar-refractivity contribution in [2.75, 3.05) is 0 Å². The summed E-state index contributed by atoms with van der Waals surface area (Å²) in [5.74, 6) is -0.212. The minimum Gasteiger partial charge on any atom is -0.426 e. The van der Waals surface area contributed by atoms with Gasteiger partial charge in [-0.2, -0.15) is 0 Å². The van der Waals surface area contributed by atoms with E-state index in [2.05, 4.69) is 0 Å². The van der Waals surface area contributed by atoms with Crippen LogP contribution in [0.1, 0.15) is 23.0 Å². The first-order chi connectivity index (χ1) is 10.8. The highest BCUT2D eigenvalue weighted by Gasteiger charge is 2.64. The standard InChI is InChI=1S/C18H12O4/c19-17-15-13(9-5-1-3-7-11(9)21-17)16-14(15)10-6-2-4-8-12(10)22-18(16)20/h1-8,13-16H. The monoisotopic (exact) mass is 292 g/mol. The first-order valence-electron chi connectivity index (χ1n) is 7.37. The fraction of sp³-hybridized carbons (Fsp3) is 0.222. The lowest BCUT2D eigenvalue weighted by molar-refractivity contribution is -0.161. The van der Waals surface area contributed by atoms with E-state index in [-0.39, 0.29) is 35.6 Å². The molecule has 0 amide bonds. The topological polar surface area (TPSA) is 52.6 Å². The molecule has 0 spiro atoms. The Bertz CT molecular complexity index is 748. The van der Waals surface area contributed by atoms with Crippen LogP contribution in [-0.4, -0.2) is 11.9 Å². The number of hydrogen-bond acceptors (Lipinski definition) is 4. The number of rotatable bonds is 0. The molecule has 22 heavy (non-hydrogen) atoms. The summed E-state index contributed by atoms with van der Waals surface area (Å²) in [7, 11) is 0. The summed E-state index contributed by atoms with van der Waals surface area (Å²) in [5.41, 5.74) is 1.87. The summed E-state index contributed by atoms with van der Waals surface area (Å²) in [5, 5.41) is 0. The maximum absolute atomic E-state index is 12.4. The van der Waals surface area contributed by atoms with Crippen molar-refractivity contribution >= 4 is 11.9 Å². The van der Waals surface area contributed by atoms with Crippen molar-refractivity contribution in [3.63, 3.8) is 0 Å². The first kappa shape index (κ1) is 12.0. The second kappa shape index (κ2) is 3.97. The number of esters is 2. The van der Waals surface area contributed by atoms with Crippen LogP contribution in [0.25, 0.3) is 0 Å². The van der Waals surface area contributed by atoms with Crippen LogP contribution in [0.5, 0.6) is 11.5 Å². The third-order valence-electron chi connectivity index (χ3n) is 5.07. The average Bonchev–Trinajstić information content (AvgIpc) is 2.48. The molecule has 1 aliphatic carbocycles. The van der Waals surface area contributed by atoms with Crippen molar-refractivity contribution in [2.24, 2.45) is 11.8 Å². The molecule has 0 aromatic heterocycles. The van der Waals surface area contributed by atoms with Crippen LogP contribution in [0.15, 0.2) is 48.5 Å². The molecule has 0 radical (unpaired) electrons. The second-order valence-corrected chi connectivity index (χ2v) is 6.02. The molecule has 108 valence electrons. The molecule has 4 heteroatoms. The molecule has 3 aliphatic rings. The zero-order valence-electron chi connectivity index (χ0n) is 11.6. The van der Waals surface area contributed by atoms with Gasteiger partial charge in [-0.05, 0) is 23.3 Å². The largest absolute Gasteiger partial charge is 0.426 e. The summed E-state index contributed by atoms with van der Waals surface area (Å²) in [6.45, 7) is 0. The van der Waals surface area contributed by atoms with Crippen LogP contribution in [0, 0.1) is 11.8 Å². The number of benzene rings is 2. The first-order valence-corrected chi connectivity index (χ1v) is 7.37. The van der Waals surface area contributed by atoms with E-state index in [0.717, 1.165) is 11.1 Å². The van der Waals surface area contributed by atoms with Crippen molar-refractivity contribution in [1.29, 1.82) is 0 Å². The van der Waals surface area contributed by atoms with Crippen LogP contribution < -0.4 is 9.47 Å². The number of para-hydroxylation sites is 2. The summed E-state index contributed by atoms with van der Waals surface area (Å²) in [6, 6.07) is 14.9. The third-order valence-corrected chi connectivity index (χ3v) is 5.07. The van der Waals surface area contributed by atoms with E-state index < -0.39 is 0 Å². The maximum atomic E-state index is 12.4. The molecule has 0 unspecified atom stereocenters. The highest BCUT2D eigenvalue weighted by molar-refractivity contribution is 5.91. The predicted octanol–water partition coefficient (Wildman–Crippen LogP) is 2.64. The van der Waals surface area contributed by atoms with Gasteiger partial charge in [-0.15, -0.1) is 0 Å². The molecule has 2 aromatic carbocycles. The van der Waals surface area contributed by atoms with Gasteiger partial charge in [0.05, 0.1) is 11.8 Å². The average molecular weight is 292 g/mol. The van der Waals surface area contributed by atoms with E-state index in [9.17, 15) is 9.59 Å². The Morgan fingerprint density at radius 1 is 0.591 bits per heavy atom. The van der Waals surface area contributed by atoms with Crippen molar-refractivity contribution < 1.29 is 19.1 Å². The summed E-state index contributed by atoms with van der Waals surface area (Å²) in [6.07, 6.45) is 0. The van der Waals surface area contributed by atoms with Crippen LogP contribution >= 0.6 is 0 Å².